The number of carbonyl (C=O) groups excluding carboxylic acids is 1. The van der Waals surface area contributed by atoms with Gasteiger partial charge >= 0.3 is 0 Å². The summed E-state index contributed by atoms with van der Waals surface area (Å²) in [5.41, 5.74) is 5.79. The van der Waals surface area contributed by atoms with E-state index in [1.165, 1.54) is 0 Å². The fraction of sp³-hybridized carbons (Fsp3) is 0.273. The highest BCUT2D eigenvalue weighted by Gasteiger charge is 2.52. The van der Waals surface area contributed by atoms with Crippen LogP contribution < -0.4 is 11.1 Å². The summed E-state index contributed by atoms with van der Waals surface area (Å²) in [7, 11) is 0. The third kappa shape index (κ3) is 2.20. The van der Waals surface area contributed by atoms with Crippen molar-refractivity contribution in [2.24, 2.45) is 11.1 Å². The van der Waals surface area contributed by atoms with Crippen LogP contribution in [-0.2, 0) is 4.79 Å². The summed E-state index contributed by atoms with van der Waals surface area (Å²) in [5, 5.41) is 2.86. The maximum Gasteiger partial charge on any atom is 0.237 e. The Hall–Kier alpha value is -0.690. The van der Waals surface area contributed by atoms with Crippen molar-refractivity contribution in [1.29, 1.82) is 0 Å². The lowest BCUT2D eigenvalue weighted by Gasteiger charge is -2.13. The van der Waals surface area contributed by atoms with Crippen LogP contribution in [0.15, 0.2) is 24.3 Å². The Labute approximate surface area is 113 Å². The zero-order valence-electron chi connectivity index (χ0n) is 8.50. The van der Waals surface area contributed by atoms with Gasteiger partial charge in [-0.25, -0.2) is 0 Å². The number of amides is 1. The van der Waals surface area contributed by atoms with E-state index in [4.69, 9.17) is 18.0 Å². The van der Waals surface area contributed by atoms with Crippen molar-refractivity contribution in [1.82, 2.24) is 0 Å². The first kappa shape index (κ1) is 11.8. The van der Waals surface area contributed by atoms with Gasteiger partial charge in [0.05, 0.1) is 10.4 Å². The van der Waals surface area contributed by atoms with Gasteiger partial charge in [0.25, 0.3) is 0 Å². The number of hydrogen-bond donors (Lipinski definition) is 2. The number of carbonyl (C=O) groups is 1. The van der Waals surface area contributed by atoms with Crippen LogP contribution in [0.1, 0.15) is 12.8 Å². The molecule has 0 atom stereocenters. The Morgan fingerprint density at radius 1 is 1.50 bits per heavy atom. The van der Waals surface area contributed by atoms with Gasteiger partial charge in [-0.15, -0.1) is 0 Å². The zero-order chi connectivity index (χ0) is 11.8. The van der Waals surface area contributed by atoms with Crippen LogP contribution in [0.25, 0.3) is 0 Å². The molecule has 3 nitrogen and oxygen atoms in total. The lowest BCUT2D eigenvalue weighted by atomic mass is 10.1. The number of nitrogens with one attached hydrogen (secondary N) is 1. The van der Waals surface area contributed by atoms with E-state index in [0.717, 1.165) is 22.1 Å². The predicted molar refractivity (Wildman–Crippen MR) is 76.2 cm³/mol. The molecule has 1 aromatic rings. The number of nitrogens with two attached hydrogens (primary N) is 1. The largest absolute Gasteiger partial charge is 0.392 e. The van der Waals surface area contributed by atoms with Gasteiger partial charge in [-0.3, -0.25) is 4.79 Å². The van der Waals surface area contributed by atoms with Crippen LogP contribution in [0, 0.1) is 8.99 Å². The molecule has 0 unspecified atom stereocenters. The number of rotatable bonds is 3. The normalized spacial score (nSPS) is 16.6. The SMILES string of the molecule is NC(=S)C1(C(=O)Nc2cccc(I)c2)CC1. The monoisotopic (exact) mass is 346 g/mol. The molecule has 2 rings (SSSR count). The summed E-state index contributed by atoms with van der Waals surface area (Å²) in [6.45, 7) is 0. The topological polar surface area (TPSA) is 55.1 Å². The molecule has 0 saturated heterocycles. The number of hydrogen-bond acceptors (Lipinski definition) is 2. The maximum atomic E-state index is 12.0. The lowest BCUT2D eigenvalue weighted by Crippen LogP contribution is -2.35. The van der Waals surface area contributed by atoms with E-state index in [-0.39, 0.29) is 5.91 Å². The summed E-state index contributed by atoms with van der Waals surface area (Å²) >= 11 is 7.13. The van der Waals surface area contributed by atoms with Crippen molar-refractivity contribution in [3.05, 3.63) is 27.8 Å². The number of thiocarbonyl (C=S) groups is 1. The van der Waals surface area contributed by atoms with Gasteiger partial charge in [-0.2, -0.15) is 0 Å². The van der Waals surface area contributed by atoms with E-state index in [1.54, 1.807) is 0 Å². The van der Waals surface area contributed by atoms with E-state index < -0.39 is 5.41 Å². The van der Waals surface area contributed by atoms with Gasteiger partial charge in [0.15, 0.2) is 0 Å². The lowest BCUT2D eigenvalue weighted by molar-refractivity contribution is -0.118. The average molecular weight is 346 g/mol. The molecule has 1 aromatic carbocycles. The van der Waals surface area contributed by atoms with Gasteiger partial charge < -0.3 is 11.1 Å². The highest BCUT2D eigenvalue weighted by Crippen LogP contribution is 2.46. The first-order valence-corrected chi connectivity index (χ1v) is 6.40. The molecule has 1 amide bonds. The number of benzene rings is 1. The molecular formula is C11H11IN2OS. The third-order valence-corrected chi connectivity index (χ3v) is 3.80. The fourth-order valence-electron chi connectivity index (χ4n) is 1.53. The molecule has 0 spiro atoms. The number of halogens is 1. The molecule has 1 saturated carbocycles. The second-order valence-corrected chi connectivity index (χ2v) is 5.60. The molecule has 0 heterocycles. The quantitative estimate of drug-likeness (QED) is 0.652. The van der Waals surface area contributed by atoms with Crippen molar-refractivity contribution in [2.75, 3.05) is 5.32 Å². The second kappa shape index (κ2) is 4.29. The summed E-state index contributed by atoms with van der Waals surface area (Å²) in [6, 6.07) is 7.64. The summed E-state index contributed by atoms with van der Waals surface area (Å²) in [6.07, 6.45) is 1.52. The van der Waals surface area contributed by atoms with Crippen molar-refractivity contribution in [2.45, 2.75) is 12.8 Å². The molecule has 0 aliphatic heterocycles. The van der Waals surface area contributed by atoms with Crippen LogP contribution in [0.5, 0.6) is 0 Å². The molecule has 84 valence electrons. The molecule has 0 aromatic heterocycles. The van der Waals surface area contributed by atoms with Crippen LogP contribution in [0.2, 0.25) is 0 Å². The van der Waals surface area contributed by atoms with Crippen LogP contribution >= 0.6 is 34.8 Å². The molecule has 5 heteroatoms. The van der Waals surface area contributed by atoms with Gasteiger partial charge in [0, 0.05) is 9.26 Å². The Kier molecular flexibility index (Phi) is 3.16. The van der Waals surface area contributed by atoms with Crippen LogP contribution in [0.3, 0.4) is 0 Å². The van der Waals surface area contributed by atoms with E-state index in [1.807, 2.05) is 24.3 Å². The Balaban J connectivity index is 2.11. The highest BCUT2D eigenvalue weighted by molar-refractivity contribution is 14.1. The maximum absolute atomic E-state index is 12.0. The first-order valence-electron chi connectivity index (χ1n) is 4.91. The fourth-order valence-corrected chi connectivity index (χ4v) is 2.37. The Bertz CT molecular complexity index is 457. The molecular weight excluding hydrogens is 335 g/mol. The van der Waals surface area contributed by atoms with Crippen molar-refractivity contribution in [3.8, 4) is 0 Å². The average Bonchev–Trinajstić information content (AvgIpc) is 2.97. The summed E-state index contributed by atoms with van der Waals surface area (Å²) in [4.78, 5) is 12.3. The van der Waals surface area contributed by atoms with E-state index in [9.17, 15) is 4.79 Å². The molecule has 0 radical (unpaired) electrons. The number of anilines is 1. The zero-order valence-corrected chi connectivity index (χ0v) is 11.5. The second-order valence-electron chi connectivity index (χ2n) is 3.91. The van der Waals surface area contributed by atoms with Crippen LogP contribution in [0.4, 0.5) is 5.69 Å². The summed E-state index contributed by atoms with van der Waals surface area (Å²) < 4.78 is 1.08. The van der Waals surface area contributed by atoms with E-state index in [0.29, 0.717) is 4.99 Å². The molecule has 0 bridgehead atoms. The highest BCUT2D eigenvalue weighted by atomic mass is 127. The van der Waals surface area contributed by atoms with Crippen molar-refractivity contribution < 1.29 is 4.79 Å². The minimum absolute atomic E-state index is 0.0815. The minimum Gasteiger partial charge on any atom is -0.392 e. The van der Waals surface area contributed by atoms with Gasteiger partial charge in [-0.05, 0) is 53.6 Å². The third-order valence-electron chi connectivity index (χ3n) is 2.74. The van der Waals surface area contributed by atoms with Crippen molar-refractivity contribution >= 4 is 51.4 Å². The van der Waals surface area contributed by atoms with E-state index >= 15 is 0 Å². The Morgan fingerprint density at radius 2 is 2.19 bits per heavy atom. The summed E-state index contributed by atoms with van der Waals surface area (Å²) in [5.74, 6) is -0.0815. The standard InChI is InChI=1S/C11H11IN2OS/c12-7-2-1-3-8(6-7)14-10(15)11(4-5-11)9(13)16/h1-3,6H,4-5H2,(H2,13,16)(H,14,15). The molecule has 1 fully saturated rings. The van der Waals surface area contributed by atoms with Gasteiger partial charge in [0.1, 0.15) is 0 Å². The minimum atomic E-state index is -0.587. The van der Waals surface area contributed by atoms with Crippen LogP contribution in [-0.4, -0.2) is 10.9 Å². The Morgan fingerprint density at radius 3 is 2.69 bits per heavy atom. The smallest absolute Gasteiger partial charge is 0.237 e. The molecule has 16 heavy (non-hydrogen) atoms. The molecule has 3 N–H and O–H groups in total. The van der Waals surface area contributed by atoms with E-state index in [2.05, 4.69) is 27.9 Å². The molecule has 1 aliphatic carbocycles. The molecule has 1 aliphatic rings. The van der Waals surface area contributed by atoms with Gasteiger partial charge in [-0.1, -0.05) is 18.3 Å². The van der Waals surface area contributed by atoms with Gasteiger partial charge in [0.2, 0.25) is 5.91 Å². The first-order chi connectivity index (χ1) is 7.54. The predicted octanol–water partition coefficient (Wildman–Crippen LogP) is 2.30. The van der Waals surface area contributed by atoms with Crippen molar-refractivity contribution in [3.63, 3.8) is 0 Å².